The molecule has 1 atom stereocenters. The maximum atomic E-state index is 10.9. The summed E-state index contributed by atoms with van der Waals surface area (Å²) >= 11 is 0. The van der Waals surface area contributed by atoms with Crippen molar-refractivity contribution in [1.82, 2.24) is 5.32 Å². The van der Waals surface area contributed by atoms with E-state index in [-0.39, 0.29) is 5.92 Å². The predicted molar refractivity (Wildman–Crippen MR) is 69.7 cm³/mol. The number of carboxylic acid groups (broad SMARTS) is 1. The summed E-state index contributed by atoms with van der Waals surface area (Å²) in [6.07, 6.45) is 3.92. The highest BCUT2D eigenvalue weighted by Gasteiger charge is 2.19. The number of benzene rings is 1. The van der Waals surface area contributed by atoms with E-state index < -0.39 is 12.0 Å². The average Bonchev–Trinajstić information content (AvgIpc) is 2.29. The van der Waals surface area contributed by atoms with E-state index in [1.807, 2.05) is 56.3 Å². The van der Waals surface area contributed by atoms with Gasteiger partial charge in [0.2, 0.25) is 0 Å². The lowest BCUT2D eigenvalue weighted by atomic mass is 10.1. The third kappa shape index (κ3) is 4.83. The molecule has 17 heavy (non-hydrogen) atoms. The van der Waals surface area contributed by atoms with Crippen LogP contribution in [0.2, 0.25) is 0 Å². The van der Waals surface area contributed by atoms with Crippen LogP contribution < -0.4 is 5.32 Å². The van der Waals surface area contributed by atoms with Crippen molar-refractivity contribution in [3.05, 3.63) is 42.0 Å². The second-order valence-corrected chi connectivity index (χ2v) is 4.28. The molecule has 1 aromatic carbocycles. The number of rotatable bonds is 6. The molecule has 3 heteroatoms. The first kappa shape index (κ1) is 13.5. The van der Waals surface area contributed by atoms with Gasteiger partial charge in [-0.1, -0.05) is 56.3 Å². The fourth-order valence-electron chi connectivity index (χ4n) is 1.56. The van der Waals surface area contributed by atoms with Crippen LogP contribution in [0.4, 0.5) is 0 Å². The second kappa shape index (κ2) is 6.86. The molecule has 0 aliphatic rings. The molecular weight excluding hydrogens is 214 g/mol. The first-order valence-corrected chi connectivity index (χ1v) is 5.79. The Kier molecular flexibility index (Phi) is 5.43. The summed E-state index contributed by atoms with van der Waals surface area (Å²) in [6.45, 7) is 4.35. The minimum Gasteiger partial charge on any atom is -0.480 e. The molecule has 92 valence electrons. The summed E-state index contributed by atoms with van der Waals surface area (Å²) in [6, 6.07) is 9.44. The van der Waals surface area contributed by atoms with Gasteiger partial charge in [-0.2, -0.15) is 0 Å². The van der Waals surface area contributed by atoms with Gasteiger partial charge in [0.25, 0.3) is 0 Å². The maximum absolute atomic E-state index is 10.9. The number of hydrogen-bond donors (Lipinski definition) is 2. The highest BCUT2D eigenvalue weighted by atomic mass is 16.4. The number of carboxylic acids is 1. The highest BCUT2D eigenvalue weighted by Crippen LogP contribution is 2.02. The lowest BCUT2D eigenvalue weighted by Crippen LogP contribution is -2.40. The Morgan fingerprint density at radius 1 is 1.35 bits per heavy atom. The molecule has 0 amide bonds. The van der Waals surface area contributed by atoms with Gasteiger partial charge < -0.3 is 10.4 Å². The van der Waals surface area contributed by atoms with E-state index in [9.17, 15) is 4.79 Å². The van der Waals surface area contributed by atoms with Crippen LogP contribution in [0.25, 0.3) is 6.08 Å². The van der Waals surface area contributed by atoms with E-state index >= 15 is 0 Å². The summed E-state index contributed by atoms with van der Waals surface area (Å²) in [5.74, 6) is -0.717. The van der Waals surface area contributed by atoms with Gasteiger partial charge >= 0.3 is 5.97 Å². The van der Waals surface area contributed by atoms with Gasteiger partial charge in [0, 0.05) is 6.54 Å². The molecule has 0 aliphatic carbocycles. The molecular formula is C14H19NO2. The van der Waals surface area contributed by atoms with Crippen LogP contribution in [0.1, 0.15) is 19.4 Å². The SMILES string of the molecule is CC(C)[C@@H](NC/C=C/c1ccccc1)C(=O)O. The number of aliphatic carboxylic acids is 1. The fraction of sp³-hybridized carbons (Fsp3) is 0.357. The van der Waals surface area contributed by atoms with E-state index in [0.717, 1.165) is 5.56 Å². The summed E-state index contributed by atoms with van der Waals surface area (Å²) in [7, 11) is 0. The van der Waals surface area contributed by atoms with Crippen molar-refractivity contribution in [2.75, 3.05) is 6.54 Å². The molecule has 0 radical (unpaired) electrons. The van der Waals surface area contributed by atoms with Gasteiger partial charge in [0.15, 0.2) is 0 Å². The summed E-state index contributed by atoms with van der Waals surface area (Å²) in [5, 5.41) is 12.0. The Hall–Kier alpha value is -1.61. The molecule has 3 nitrogen and oxygen atoms in total. The first-order chi connectivity index (χ1) is 8.11. The molecule has 1 aromatic rings. The summed E-state index contributed by atoms with van der Waals surface area (Å²) < 4.78 is 0. The molecule has 2 N–H and O–H groups in total. The zero-order valence-corrected chi connectivity index (χ0v) is 10.3. The van der Waals surface area contributed by atoms with Crippen molar-refractivity contribution in [3.8, 4) is 0 Å². The Labute approximate surface area is 102 Å². The zero-order valence-electron chi connectivity index (χ0n) is 10.3. The lowest BCUT2D eigenvalue weighted by Gasteiger charge is -2.16. The van der Waals surface area contributed by atoms with Crippen LogP contribution in [0.3, 0.4) is 0 Å². The number of carbonyl (C=O) groups is 1. The molecule has 0 aliphatic heterocycles. The Bertz CT molecular complexity index is 371. The van der Waals surface area contributed by atoms with Crippen LogP contribution in [-0.2, 0) is 4.79 Å². The monoisotopic (exact) mass is 233 g/mol. The summed E-state index contributed by atoms with van der Waals surface area (Å²) in [5.41, 5.74) is 1.12. The van der Waals surface area contributed by atoms with E-state index in [4.69, 9.17) is 5.11 Å². The van der Waals surface area contributed by atoms with Crippen LogP contribution in [0.15, 0.2) is 36.4 Å². The molecule has 0 aromatic heterocycles. The van der Waals surface area contributed by atoms with Crippen LogP contribution in [-0.4, -0.2) is 23.7 Å². The van der Waals surface area contributed by atoms with Crippen molar-refractivity contribution in [1.29, 1.82) is 0 Å². The van der Waals surface area contributed by atoms with E-state index in [1.54, 1.807) is 0 Å². The minimum atomic E-state index is -0.798. The third-order valence-corrected chi connectivity index (χ3v) is 2.50. The minimum absolute atomic E-state index is 0.0811. The lowest BCUT2D eigenvalue weighted by molar-refractivity contribution is -0.140. The molecule has 0 saturated carbocycles. The molecule has 0 fully saturated rings. The quantitative estimate of drug-likeness (QED) is 0.793. The first-order valence-electron chi connectivity index (χ1n) is 5.79. The summed E-state index contributed by atoms with van der Waals surface area (Å²) in [4.78, 5) is 10.9. The van der Waals surface area contributed by atoms with Crippen molar-refractivity contribution in [3.63, 3.8) is 0 Å². The molecule has 0 heterocycles. The van der Waals surface area contributed by atoms with E-state index in [0.29, 0.717) is 6.54 Å². The van der Waals surface area contributed by atoms with Crippen molar-refractivity contribution >= 4 is 12.0 Å². The maximum Gasteiger partial charge on any atom is 0.320 e. The van der Waals surface area contributed by atoms with Gasteiger partial charge in [-0.3, -0.25) is 4.79 Å². The third-order valence-electron chi connectivity index (χ3n) is 2.50. The Morgan fingerprint density at radius 2 is 2.00 bits per heavy atom. The van der Waals surface area contributed by atoms with Gasteiger partial charge in [0.05, 0.1) is 0 Å². The van der Waals surface area contributed by atoms with E-state index in [2.05, 4.69) is 5.32 Å². The van der Waals surface area contributed by atoms with Crippen LogP contribution in [0.5, 0.6) is 0 Å². The molecule has 1 rings (SSSR count). The smallest absolute Gasteiger partial charge is 0.320 e. The van der Waals surface area contributed by atoms with Gasteiger partial charge in [-0.05, 0) is 11.5 Å². The Balaban J connectivity index is 2.41. The zero-order chi connectivity index (χ0) is 12.7. The van der Waals surface area contributed by atoms with Gasteiger partial charge in [-0.25, -0.2) is 0 Å². The fourth-order valence-corrected chi connectivity index (χ4v) is 1.56. The second-order valence-electron chi connectivity index (χ2n) is 4.28. The standard InChI is InChI=1S/C14H19NO2/c1-11(2)13(14(16)17)15-10-6-9-12-7-4-3-5-8-12/h3-9,11,13,15H,10H2,1-2H3,(H,16,17)/b9-6+/t13-/m1/s1. The number of hydrogen-bond acceptors (Lipinski definition) is 2. The van der Waals surface area contributed by atoms with Crippen LogP contribution in [0, 0.1) is 5.92 Å². The average molecular weight is 233 g/mol. The number of nitrogens with one attached hydrogen (secondary N) is 1. The molecule has 0 bridgehead atoms. The van der Waals surface area contributed by atoms with Gasteiger partial charge in [-0.15, -0.1) is 0 Å². The van der Waals surface area contributed by atoms with E-state index in [1.165, 1.54) is 0 Å². The largest absolute Gasteiger partial charge is 0.480 e. The highest BCUT2D eigenvalue weighted by molar-refractivity contribution is 5.73. The van der Waals surface area contributed by atoms with Crippen molar-refractivity contribution in [2.45, 2.75) is 19.9 Å². The van der Waals surface area contributed by atoms with Crippen molar-refractivity contribution in [2.24, 2.45) is 5.92 Å². The van der Waals surface area contributed by atoms with Gasteiger partial charge in [0.1, 0.15) is 6.04 Å². The predicted octanol–water partition coefficient (Wildman–Crippen LogP) is 2.40. The topological polar surface area (TPSA) is 49.3 Å². The molecule has 0 unspecified atom stereocenters. The van der Waals surface area contributed by atoms with Crippen molar-refractivity contribution < 1.29 is 9.90 Å². The molecule has 0 spiro atoms. The Morgan fingerprint density at radius 3 is 2.53 bits per heavy atom. The van der Waals surface area contributed by atoms with Crippen LogP contribution >= 0.6 is 0 Å². The molecule has 0 saturated heterocycles. The normalized spacial score (nSPS) is 13.1.